The third-order valence-corrected chi connectivity index (χ3v) is 4.03. The predicted octanol–water partition coefficient (Wildman–Crippen LogP) is 2.42. The summed E-state index contributed by atoms with van der Waals surface area (Å²) in [6.45, 7) is 4.22. The summed E-state index contributed by atoms with van der Waals surface area (Å²) in [4.78, 5) is 1.10. The monoisotopic (exact) mass is 292 g/mol. The molecule has 2 aromatic rings. The van der Waals surface area contributed by atoms with Gasteiger partial charge in [-0.15, -0.1) is 5.10 Å². The Labute approximate surface area is 123 Å². The lowest BCUT2D eigenvalue weighted by Gasteiger charge is -2.16. The van der Waals surface area contributed by atoms with Crippen molar-refractivity contribution in [3.05, 3.63) is 40.4 Å². The molecule has 1 unspecified atom stereocenters. The quantitative estimate of drug-likeness (QED) is 0.632. The first-order valence-corrected chi connectivity index (χ1v) is 7.34. The molecule has 0 aliphatic heterocycles. The van der Waals surface area contributed by atoms with Crippen molar-refractivity contribution in [2.75, 3.05) is 7.11 Å². The summed E-state index contributed by atoms with van der Waals surface area (Å²) in [5, 5.41) is 4.21. The van der Waals surface area contributed by atoms with Crippen LogP contribution in [0.15, 0.2) is 24.3 Å². The Morgan fingerprint density at radius 1 is 1.40 bits per heavy atom. The van der Waals surface area contributed by atoms with Crippen LogP contribution in [0.5, 0.6) is 5.75 Å². The Hall–Kier alpha value is -1.50. The third kappa shape index (κ3) is 3.33. The maximum atomic E-state index is 5.72. The topological polar surface area (TPSA) is 73.1 Å². The SMILES string of the molecule is COc1cccc(CC(NN)c2snnc2C(C)C)c1. The number of nitrogens with two attached hydrogens (primary N) is 1. The lowest BCUT2D eigenvalue weighted by atomic mass is 10.0. The summed E-state index contributed by atoms with van der Waals surface area (Å²) in [6, 6.07) is 8.02. The number of nitrogens with one attached hydrogen (secondary N) is 1. The fraction of sp³-hybridized carbons (Fsp3) is 0.429. The highest BCUT2D eigenvalue weighted by atomic mass is 32.1. The van der Waals surface area contributed by atoms with Gasteiger partial charge in [-0.2, -0.15) is 0 Å². The minimum atomic E-state index is 0.0134. The van der Waals surface area contributed by atoms with Crippen LogP contribution in [0, 0.1) is 0 Å². The van der Waals surface area contributed by atoms with Gasteiger partial charge in [-0.3, -0.25) is 11.3 Å². The van der Waals surface area contributed by atoms with E-state index in [1.54, 1.807) is 7.11 Å². The zero-order valence-corrected chi connectivity index (χ0v) is 12.8. The van der Waals surface area contributed by atoms with Crippen LogP contribution >= 0.6 is 11.5 Å². The number of hydrazine groups is 1. The zero-order valence-electron chi connectivity index (χ0n) is 12.0. The van der Waals surface area contributed by atoms with E-state index in [4.69, 9.17) is 10.6 Å². The minimum absolute atomic E-state index is 0.0134. The first-order valence-electron chi connectivity index (χ1n) is 6.57. The van der Waals surface area contributed by atoms with E-state index in [1.807, 2.05) is 18.2 Å². The Kier molecular flexibility index (Phi) is 5.05. The summed E-state index contributed by atoms with van der Waals surface area (Å²) < 4.78 is 9.31. The zero-order chi connectivity index (χ0) is 14.5. The molecule has 1 heterocycles. The molecule has 0 radical (unpaired) electrons. The Morgan fingerprint density at radius 3 is 2.85 bits per heavy atom. The Bertz CT molecular complexity index is 556. The number of hydrogen-bond donors (Lipinski definition) is 2. The van der Waals surface area contributed by atoms with Crippen LogP contribution in [0.4, 0.5) is 0 Å². The van der Waals surface area contributed by atoms with Gasteiger partial charge in [-0.25, -0.2) is 0 Å². The first kappa shape index (κ1) is 14.9. The van der Waals surface area contributed by atoms with Gasteiger partial charge in [0, 0.05) is 0 Å². The van der Waals surface area contributed by atoms with E-state index in [9.17, 15) is 0 Å². The van der Waals surface area contributed by atoms with Gasteiger partial charge in [0.1, 0.15) is 5.75 Å². The van der Waals surface area contributed by atoms with Crippen LogP contribution in [0.1, 0.15) is 41.9 Å². The molecule has 0 saturated carbocycles. The molecule has 0 saturated heterocycles. The Morgan fingerprint density at radius 2 is 2.20 bits per heavy atom. The fourth-order valence-electron chi connectivity index (χ4n) is 2.11. The van der Waals surface area contributed by atoms with E-state index >= 15 is 0 Å². The summed E-state index contributed by atoms with van der Waals surface area (Å²) >= 11 is 1.40. The summed E-state index contributed by atoms with van der Waals surface area (Å²) in [7, 11) is 1.67. The number of rotatable bonds is 6. The number of nitrogens with zero attached hydrogens (tertiary/aromatic N) is 2. The van der Waals surface area contributed by atoms with Crippen molar-refractivity contribution in [2.45, 2.75) is 32.2 Å². The summed E-state index contributed by atoms with van der Waals surface area (Å²) in [5.74, 6) is 6.91. The number of methoxy groups -OCH3 is 1. The van der Waals surface area contributed by atoms with Crippen LogP contribution in [0.2, 0.25) is 0 Å². The highest BCUT2D eigenvalue weighted by molar-refractivity contribution is 7.05. The summed E-state index contributed by atoms with van der Waals surface area (Å²) in [6.07, 6.45) is 0.775. The molecule has 3 N–H and O–H groups in total. The van der Waals surface area contributed by atoms with Crippen LogP contribution in [-0.4, -0.2) is 16.7 Å². The van der Waals surface area contributed by atoms with Gasteiger partial charge in [0.2, 0.25) is 0 Å². The summed E-state index contributed by atoms with van der Waals surface area (Å²) in [5.41, 5.74) is 5.05. The molecule has 108 valence electrons. The second-order valence-corrected chi connectivity index (χ2v) is 5.74. The van der Waals surface area contributed by atoms with E-state index in [0.29, 0.717) is 5.92 Å². The standard InChI is InChI=1S/C14H20N4OS/c1-9(2)13-14(20-18-17-13)12(16-15)8-10-5-4-6-11(7-10)19-3/h4-7,9,12,16H,8,15H2,1-3H3. The van der Waals surface area contributed by atoms with Gasteiger partial charge >= 0.3 is 0 Å². The first-order chi connectivity index (χ1) is 9.65. The van der Waals surface area contributed by atoms with Gasteiger partial charge in [-0.05, 0) is 41.6 Å². The lowest BCUT2D eigenvalue weighted by Crippen LogP contribution is -2.29. The molecule has 0 aliphatic carbocycles. The molecule has 20 heavy (non-hydrogen) atoms. The van der Waals surface area contributed by atoms with Crippen molar-refractivity contribution < 1.29 is 4.74 Å². The van der Waals surface area contributed by atoms with Crippen molar-refractivity contribution in [3.63, 3.8) is 0 Å². The van der Waals surface area contributed by atoms with Crippen molar-refractivity contribution in [3.8, 4) is 5.75 Å². The molecule has 1 aromatic carbocycles. The fourth-order valence-corrected chi connectivity index (χ4v) is 2.97. The molecule has 1 aromatic heterocycles. The third-order valence-electron chi connectivity index (χ3n) is 3.18. The molecular weight excluding hydrogens is 272 g/mol. The average Bonchev–Trinajstić information content (AvgIpc) is 2.94. The van der Waals surface area contributed by atoms with Gasteiger partial charge in [0.15, 0.2) is 0 Å². The van der Waals surface area contributed by atoms with Crippen molar-refractivity contribution in [2.24, 2.45) is 5.84 Å². The molecular formula is C14H20N4OS. The molecule has 2 rings (SSSR count). The maximum Gasteiger partial charge on any atom is 0.119 e. The molecule has 0 amide bonds. The van der Waals surface area contributed by atoms with E-state index in [1.165, 1.54) is 11.5 Å². The van der Waals surface area contributed by atoms with Crippen molar-refractivity contribution >= 4 is 11.5 Å². The normalized spacial score (nSPS) is 12.7. The van der Waals surface area contributed by atoms with Gasteiger partial charge in [0.05, 0.1) is 23.7 Å². The molecule has 6 heteroatoms. The molecule has 5 nitrogen and oxygen atoms in total. The van der Waals surface area contributed by atoms with Gasteiger partial charge < -0.3 is 4.74 Å². The van der Waals surface area contributed by atoms with Gasteiger partial charge in [-0.1, -0.05) is 30.5 Å². The predicted molar refractivity (Wildman–Crippen MR) is 80.8 cm³/mol. The van der Waals surface area contributed by atoms with E-state index in [0.717, 1.165) is 28.3 Å². The smallest absolute Gasteiger partial charge is 0.119 e. The maximum absolute atomic E-state index is 5.72. The average molecular weight is 292 g/mol. The molecule has 1 atom stereocenters. The molecule has 0 fully saturated rings. The van der Waals surface area contributed by atoms with E-state index in [2.05, 4.69) is 34.9 Å². The molecule has 0 bridgehead atoms. The highest BCUT2D eigenvalue weighted by Crippen LogP contribution is 2.28. The largest absolute Gasteiger partial charge is 0.497 e. The van der Waals surface area contributed by atoms with Crippen LogP contribution < -0.4 is 16.0 Å². The highest BCUT2D eigenvalue weighted by Gasteiger charge is 2.20. The van der Waals surface area contributed by atoms with Crippen LogP contribution in [-0.2, 0) is 6.42 Å². The van der Waals surface area contributed by atoms with Crippen LogP contribution in [0.3, 0.4) is 0 Å². The van der Waals surface area contributed by atoms with Crippen LogP contribution in [0.25, 0.3) is 0 Å². The number of aromatic nitrogens is 2. The van der Waals surface area contributed by atoms with Crippen molar-refractivity contribution in [1.82, 2.24) is 15.0 Å². The second kappa shape index (κ2) is 6.78. The molecule has 0 spiro atoms. The lowest BCUT2D eigenvalue weighted by molar-refractivity contribution is 0.414. The van der Waals surface area contributed by atoms with E-state index in [-0.39, 0.29) is 6.04 Å². The van der Waals surface area contributed by atoms with E-state index < -0.39 is 0 Å². The number of hydrogen-bond acceptors (Lipinski definition) is 6. The minimum Gasteiger partial charge on any atom is -0.497 e. The Balaban J connectivity index is 2.22. The van der Waals surface area contributed by atoms with Gasteiger partial charge in [0.25, 0.3) is 0 Å². The van der Waals surface area contributed by atoms with Crippen molar-refractivity contribution in [1.29, 1.82) is 0 Å². The number of ether oxygens (including phenoxy) is 1. The molecule has 0 aliphatic rings. The second-order valence-electron chi connectivity index (χ2n) is 4.95. The number of benzene rings is 1.